The minimum atomic E-state index is -0.690. The number of nitrogens with zero attached hydrogens (tertiary/aromatic N) is 4. The summed E-state index contributed by atoms with van der Waals surface area (Å²) < 4.78 is 2.01. The van der Waals surface area contributed by atoms with E-state index in [4.69, 9.17) is 11.0 Å². The fraction of sp³-hybridized carbons (Fsp3) is 0.500. The number of nitrogens with one attached hydrogen (secondary N) is 1. The Kier molecular flexibility index (Phi) is 5.33. The molecule has 1 saturated carbocycles. The van der Waals surface area contributed by atoms with Crippen molar-refractivity contribution >= 4 is 28.9 Å². The number of nitrogen functional groups attached to an aromatic ring is 1. The predicted octanol–water partition coefficient (Wildman–Crippen LogP) is 1.11. The van der Waals surface area contributed by atoms with Crippen LogP contribution in [0.2, 0.25) is 0 Å². The molecule has 2 heterocycles. The molecule has 2 aromatic heterocycles. The van der Waals surface area contributed by atoms with Crippen molar-refractivity contribution in [2.24, 2.45) is 5.92 Å². The molecule has 0 spiro atoms. The van der Waals surface area contributed by atoms with Gasteiger partial charge in [-0.25, -0.2) is 9.78 Å². The summed E-state index contributed by atoms with van der Waals surface area (Å²) in [5.74, 6) is 0.494. The lowest BCUT2D eigenvalue weighted by atomic mass is 10.1. The lowest BCUT2D eigenvalue weighted by Crippen LogP contribution is -2.10. The van der Waals surface area contributed by atoms with E-state index in [9.17, 15) is 9.90 Å². The SMILES string of the molecule is CC(=O)OO.Nc1nc(NC2CC2)c2ncn([C@H]3C=C[C@@H](CO)C3)c2n1. The smallest absolute Gasteiger partial charge is 0.339 e. The lowest BCUT2D eigenvalue weighted by molar-refractivity contribution is -0.231. The van der Waals surface area contributed by atoms with Gasteiger partial charge >= 0.3 is 5.97 Å². The predicted molar refractivity (Wildman–Crippen MR) is 94.1 cm³/mol. The molecule has 0 unspecified atom stereocenters. The second kappa shape index (κ2) is 7.67. The van der Waals surface area contributed by atoms with Crippen molar-refractivity contribution in [1.82, 2.24) is 19.5 Å². The number of hydrogen-bond acceptors (Lipinski definition) is 9. The van der Waals surface area contributed by atoms with Crippen LogP contribution >= 0.6 is 0 Å². The number of nitrogens with two attached hydrogens (primary N) is 1. The summed E-state index contributed by atoms with van der Waals surface area (Å²) in [4.78, 5) is 25.5. The molecule has 10 nitrogen and oxygen atoms in total. The van der Waals surface area contributed by atoms with Gasteiger partial charge in [0.25, 0.3) is 0 Å². The van der Waals surface area contributed by atoms with E-state index < -0.39 is 5.97 Å². The second-order valence-electron chi connectivity index (χ2n) is 6.39. The van der Waals surface area contributed by atoms with Crippen molar-refractivity contribution in [1.29, 1.82) is 0 Å². The maximum absolute atomic E-state index is 9.34. The zero-order valence-corrected chi connectivity index (χ0v) is 14.4. The Hall–Kier alpha value is -2.72. The molecular weight excluding hydrogens is 340 g/mol. The molecule has 2 aliphatic rings. The van der Waals surface area contributed by atoms with Crippen LogP contribution in [-0.4, -0.2) is 48.5 Å². The first-order valence-electron chi connectivity index (χ1n) is 8.39. The minimum absolute atomic E-state index is 0.162. The molecule has 1 fully saturated rings. The molecule has 0 aromatic carbocycles. The number of aromatic nitrogens is 4. The maximum Gasteiger partial charge on any atom is 0.339 e. The van der Waals surface area contributed by atoms with Crippen LogP contribution in [0.25, 0.3) is 11.2 Å². The highest BCUT2D eigenvalue weighted by Crippen LogP contribution is 2.32. The molecule has 140 valence electrons. The summed E-state index contributed by atoms with van der Waals surface area (Å²) in [7, 11) is 0. The van der Waals surface area contributed by atoms with Gasteiger partial charge in [-0.1, -0.05) is 12.2 Å². The van der Waals surface area contributed by atoms with Gasteiger partial charge in [-0.05, 0) is 19.3 Å². The third-order valence-electron chi connectivity index (χ3n) is 4.23. The molecule has 2 atom stereocenters. The number of anilines is 2. The Morgan fingerprint density at radius 1 is 1.42 bits per heavy atom. The summed E-state index contributed by atoms with van der Waals surface area (Å²) >= 11 is 0. The van der Waals surface area contributed by atoms with E-state index in [1.165, 1.54) is 0 Å². The van der Waals surface area contributed by atoms with E-state index in [1.807, 2.05) is 10.6 Å². The van der Waals surface area contributed by atoms with Gasteiger partial charge in [0.05, 0.1) is 12.4 Å². The number of rotatable bonds is 4. The van der Waals surface area contributed by atoms with E-state index >= 15 is 0 Å². The van der Waals surface area contributed by atoms with Gasteiger partial charge < -0.3 is 25.6 Å². The topological polar surface area (TPSA) is 148 Å². The van der Waals surface area contributed by atoms with E-state index in [2.05, 4.69) is 31.2 Å². The first-order valence-corrected chi connectivity index (χ1v) is 8.39. The Morgan fingerprint density at radius 3 is 2.73 bits per heavy atom. The van der Waals surface area contributed by atoms with Crippen LogP contribution in [0.1, 0.15) is 32.2 Å². The van der Waals surface area contributed by atoms with Crippen molar-refractivity contribution < 1.29 is 20.0 Å². The molecule has 0 saturated heterocycles. The normalized spacial score (nSPS) is 21.3. The molecule has 0 amide bonds. The summed E-state index contributed by atoms with van der Waals surface area (Å²) in [6.07, 6.45) is 9.10. The number of aliphatic hydroxyl groups is 1. The third-order valence-corrected chi connectivity index (χ3v) is 4.23. The average molecular weight is 362 g/mol. The summed E-state index contributed by atoms with van der Waals surface area (Å²) in [6, 6.07) is 0.646. The zero-order valence-electron chi connectivity index (χ0n) is 14.4. The highest BCUT2D eigenvalue weighted by Gasteiger charge is 2.26. The molecule has 0 aliphatic heterocycles. The fourth-order valence-corrected chi connectivity index (χ4v) is 2.79. The minimum Gasteiger partial charge on any atom is -0.396 e. The molecule has 4 rings (SSSR count). The lowest BCUT2D eigenvalue weighted by Gasteiger charge is -2.13. The van der Waals surface area contributed by atoms with Crippen LogP contribution in [0.15, 0.2) is 18.5 Å². The van der Waals surface area contributed by atoms with Crippen molar-refractivity contribution in [2.75, 3.05) is 17.7 Å². The Balaban J connectivity index is 0.000000349. The average Bonchev–Trinajstić information content (AvgIpc) is 3.14. The van der Waals surface area contributed by atoms with Gasteiger partial charge in [0.1, 0.15) is 0 Å². The van der Waals surface area contributed by atoms with E-state index in [0.717, 1.165) is 43.2 Å². The largest absolute Gasteiger partial charge is 0.396 e. The van der Waals surface area contributed by atoms with Crippen molar-refractivity contribution in [3.05, 3.63) is 18.5 Å². The van der Waals surface area contributed by atoms with Gasteiger partial charge in [0, 0.05) is 25.5 Å². The molecule has 0 radical (unpaired) electrons. The monoisotopic (exact) mass is 362 g/mol. The zero-order chi connectivity index (χ0) is 18.7. The number of aliphatic hydroxyl groups excluding tert-OH is 1. The second-order valence-corrected chi connectivity index (χ2v) is 6.39. The highest BCUT2D eigenvalue weighted by molar-refractivity contribution is 5.84. The molecule has 5 N–H and O–H groups in total. The molecule has 26 heavy (non-hydrogen) atoms. The van der Waals surface area contributed by atoms with Gasteiger partial charge in [-0.15, -0.1) is 0 Å². The standard InChI is InChI=1S/C14H18N6O.C2H4O3/c15-14-18-12(17-9-2-3-9)11-13(19-14)20(7-16-11)10-4-1-8(5-10)6-21;1-2(3)5-4/h1,4,7-10,21H,2-3,5-6H2,(H3,15,17,18,19);4H,1H3/t8-,10+;/m1./s1. The van der Waals surface area contributed by atoms with Gasteiger partial charge in [0.15, 0.2) is 17.0 Å². The third kappa shape index (κ3) is 4.09. The van der Waals surface area contributed by atoms with Gasteiger partial charge in [-0.2, -0.15) is 15.2 Å². The number of allylic oxidation sites excluding steroid dienone is 1. The number of carbonyl (C=O) groups excluding carboxylic acids is 1. The van der Waals surface area contributed by atoms with Crippen LogP contribution in [0.3, 0.4) is 0 Å². The Bertz CT molecular complexity index is 816. The molecule has 0 bridgehead atoms. The van der Waals surface area contributed by atoms with E-state index in [-0.39, 0.29) is 24.5 Å². The molecular formula is C16H22N6O4. The first kappa shape index (κ1) is 18.1. The quantitative estimate of drug-likeness (QED) is 0.356. The van der Waals surface area contributed by atoms with E-state index in [1.54, 1.807) is 6.33 Å². The number of carbonyl (C=O) groups is 1. The van der Waals surface area contributed by atoms with Crippen molar-refractivity contribution in [3.63, 3.8) is 0 Å². The van der Waals surface area contributed by atoms with E-state index in [0.29, 0.717) is 6.04 Å². The van der Waals surface area contributed by atoms with Gasteiger partial charge in [0.2, 0.25) is 5.95 Å². The highest BCUT2D eigenvalue weighted by atomic mass is 17.1. The number of hydrogen-bond donors (Lipinski definition) is 4. The molecule has 10 heteroatoms. The first-order chi connectivity index (χ1) is 12.5. The molecule has 2 aliphatic carbocycles. The van der Waals surface area contributed by atoms with Crippen molar-refractivity contribution in [3.8, 4) is 0 Å². The Morgan fingerprint density at radius 2 is 2.15 bits per heavy atom. The fourth-order valence-electron chi connectivity index (χ4n) is 2.79. The van der Waals surface area contributed by atoms with Gasteiger partial charge in [-0.3, -0.25) is 0 Å². The van der Waals surface area contributed by atoms with Crippen LogP contribution in [0.5, 0.6) is 0 Å². The van der Waals surface area contributed by atoms with Crippen LogP contribution in [0, 0.1) is 5.92 Å². The summed E-state index contributed by atoms with van der Waals surface area (Å²) in [5.41, 5.74) is 7.35. The van der Waals surface area contributed by atoms with Crippen LogP contribution in [0.4, 0.5) is 11.8 Å². The Labute approximate surface area is 149 Å². The van der Waals surface area contributed by atoms with Crippen molar-refractivity contribution in [2.45, 2.75) is 38.3 Å². The number of fused-ring (bicyclic) bond motifs is 1. The maximum atomic E-state index is 9.34. The molecule has 2 aromatic rings. The number of imidazole rings is 1. The summed E-state index contributed by atoms with van der Waals surface area (Å²) in [5, 5.41) is 19.9. The van der Waals surface area contributed by atoms with Crippen LogP contribution in [-0.2, 0) is 9.68 Å². The van der Waals surface area contributed by atoms with Crippen LogP contribution < -0.4 is 11.1 Å². The summed E-state index contributed by atoms with van der Waals surface area (Å²) in [6.45, 7) is 1.28.